The van der Waals surface area contributed by atoms with Crippen LogP contribution in [0.25, 0.3) is 0 Å². The molecule has 0 saturated heterocycles. The molecule has 2 aliphatic carbocycles. The van der Waals surface area contributed by atoms with E-state index in [9.17, 15) is 14.7 Å². The quantitative estimate of drug-likeness (QED) is 0.766. The molecule has 2 saturated carbocycles. The molecule has 7 nitrogen and oxygen atoms in total. The van der Waals surface area contributed by atoms with E-state index in [1.165, 1.54) is 0 Å². The summed E-state index contributed by atoms with van der Waals surface area (Å²) < 4.78 is 14.9. The number of carbonyl (C=O) groups is 2. The third-order valence-corrected chi connectivity index (χ3v) is 3.73. The lowest BCUT2D eigenvalue weighted by atomic mass is 9.95. The lowest BCUT2D eigenvalue weighted by molar-refractivity contribution is -0.0304. The molecule has 7 heteroatoms. The van der Waals surface area contributed by atoms with Gasteiger partial charge in [0.05, 0.1) is 6.10 Å². The van der Waals surface area contributed by atoms with Gasteiger partial charge >= 0.3 is 12.3 Å². The number of aliphatic hydroxyl groups is 1. The maximum absolute atomic E-state index is 11.6. The Morgan fingerprint density at radius 2 is 1.45 bits per heavy atom. The van der Waals surface area contributed by atoms with Crippen molar-refractivity contribution >= 4 is 12.3 Å². The highest BCUT2D eigenvalue weighted by Gasteiger charge is 2.32. The van der Waals surface area contributed by atoms with Crippen molar-refractivity contribution in [3.8, 4) is 0 Å². The molecule has 0 heterocycles. The average molecular weight is 288 g/mol. The van der Waals surface area contributed by atoms with Gasteiger partial charge in [0.25, 0.3) is 0 Å². The van der Waals surface area contributed by atoms with E-state index in [1.54, 1.807) is 0 Å². The molecule has 4 unspecified atom stereocenters. The summed E-state index contributed by atoms with van der Waals surface area (Å²) in [7, 11) is 0. The zero-order valence-electron chi connectivity index (χ0n) is 11.2. The Bertz CT molecular complexity index is 357. The van der Waals surface area contributed by atoms with E-state index in [1.807, 2.05) is 0 Å². The highest BCUT2D eigenvalue weighted by Crippen LogP contribution is 2.26. The Morgan fingerprint density at radius 3 is 2.05 bits per heavy atom. The number of carbonyl (C=O) groups excluding carboxylic acids is 1. The molecule has 0 aromatic carbocycles. The van der Waals surface area contributed by atoms with Crippen molar-refractivity contribution in [1.29, 1.82) is 0 Å². The molecule has 2 fully saturated rings. The van der Waals surface area contributed by atoms with E-state index in [4.69, 9.17) is 14.6 Å². The third-order valence-electron chi connectivity index (χ3n) is 3.73. The van der Waals surface area contributed by atoms with Gasteiger partial charge in [0.2, 0.25) is 0 Å². The van der Waals surface area contributed by atoms with E-state index >= 15 is 0 Å². The molecular formula is C13H20O7. The summed E-state index contributed by atoms with van der Waals surface area (Å²) in [6.45, 7) is 0. The van der Waals surface area contributed by atoms with E-state index < -0.39 is 24.5 Å². The maximum atomic E-state index is 11.6. The number of ether oxygens (including phenoxy) is 3. The number of hydrogen-bond acceptors (Lipinski definition) is 6. The Kier molecular flexibility index (Phi) is 5.05. The van der Waals surface area contributed by atoms with Crippen LogP contribution < -0.4 is 0 Å². The van der Waals surface area contributed by atoms with Crippen molar-refractivity contribution in [2.45, 2.75) is 69.4 Å². The lowest BCUT2D eigenvalue weighted by Crippen LogP contribution is -2.29. The van der Waals surface area contributed by atoms with Crippen LogP contribution in [0.2, 0.25) is 0 Å². The van der Waals surface area contributed by atoms with E-state index in [-0.39, 0.29) is 12.2 Å². The van der Waals surface area contributed by atoms with Gasteiger partial charge in [0, 0.05) is 12.8 Å². The number of rotatable bonds is 3. The van der Waals surface area contributed by atoms with Gasteiger partial charge in [-0.3, -0.25) is 0 Å². The van der Waals surface area contributed by atoms with E-state index in [2.05, 4.69) is 4.74 Å². The summed E-state index contributed by atoms with van der Waals surface area (Å²) in [6, 6.07) is 0. The molecule has 2 N–H and O–H groups in total. The summed E-state index contributed by atoms with van der Waals surface area (Å²) in [5.74, 6) is 0. The van der Waals surface area contributed by atoms with Crippen LogP contribution in [0.15, 0.2) is 0 Å². The van der Waals surface area contributed by atoms with Crippen molar-refractivity contribution in [3.05, 3.63) is 0 Å². The molecule has 2 aliphatic rings. The van der Waals surface area contributed by atoms with Crippen LogP contribution in [-0.4, -0.2) is 46.9 Å². The van der Waals surface area contributed by atoms with Crippen LogP contribution in [0, 0.1) is 0 Å². The molecule has 0 aliphatic heterocycles. The molecule has 0 amide bonds. The minimum Gasteiger partial charge on any atom is -0.450 e. The molecule has 4 atom stereocenters. The Balaban J connectivity index is 1.68. The average Bonchev–Trinajstić information content (AvgIpc) is 2.75. The molecule has 0 radical (unpaired) electrons. The molecule has 0 bridgehead atoms. The van der Waals surface area contributed by atoms with Crippen LogP contribution in [0.1, 0.15) is 44.9 Å². The second-order valence-electron chi connectivity index (χ2n) is 5.37. The molecule has 0 spiro atoms. The largest absolute Gasteiger partial charge is 0.508 e. The van der Waals surface area contributed by atoms with Crippen molar-refractivity contribution in [1.82, 2.24) is 0 Å². The summed E-state index contributed by atoms with van der Waals surface area (Å²) in [6.07, 6.45) is 0.706. The fourth-order valence-corrected chi connectivity index (χ4v) is 2.78. The predicted molar refractivity (Wildman–Crippen MR) is 66.4 cm³/mol. The first kappa shape index (κ1) is 14.9. The lowest BCUT2D eigenvalue weighted by Gasteiger charge is -2.25. The molecular weight excluding hydrogens is 268 g/mol. The van der Waals surface area contributed by atoms with Gasteiger partial charge < -0.3 is 24.4 Å². The summed E-state index contributed by atoms with van der Waals surface area (Å²) >= 11 is 0. The van der Waals surface area contributed by atoms with Crippen molar-refractivity contribution in [3.63, 3.8) is 0 Å². The second kappa shape index (κ2) is 6.78. The van der Waals surface area contributed by atoms with Gasteiger partial charge in [-0.1, -0.05) is 0 Å². The standard InChI is InChI=1S/C13H20O7/c14-8-2-1-3-9(6-8)19-13(17)20-11-5-4-10(7-11)18-12(15)16/h8-11,14H,1-7H2,(H,15,16). The second-order valence-corrected chi connectivity index (χ2v) is 5.37. The van der Waals surface area contributed by atoms with Crippen LogP contribution in [0.4, 0.5) is 9.59 Å². The van der Waals surface area contributed by atoms with Gasteiger partial charge in [-0.2, -0.15) is 0 Å². The maximum Gasteiger partial charge on any atom is 0.508 e. The number of aliphatic hydroxyl groups excluding tert-OH is 1. The molecule has 0 aromatic heterocycles. The van der Waals surface area contributed by atoms with Gasteiger partial charge in [0.15, 0.2) is 0 Å². The van der Waals surface area contributed by atoms with Crippen molar-refractivity contribution in [2.75, 3.05) is 0 Å². The van der Waals surface area contributed by atoms with Gasteiger partial charge in [-0.15, -0.1) is 0 Å². The summed E-state index contributed by atoms with van der Waals surface area (Å²) in [5.41, 5.74) is 0. The Labute approximate surface area is 116 Å². The first-order chi connectivity index (χ1) is 9.52. The first-order valence-electron chi connectivity index (χ1n) is 6.98. The molecule has 114 valence electrons. The SMILES string of the molecule is O=C(O)OC1CCC(OC(=O)OC2CCCC(O)C2)C1. The normalized spacial score (nSPS) is 33.5. The van der Waals surface area contributed by atoms with Crippen LogP contribution >= 0.6 is 0 Å². The van der Waals surface area contributed by atoms with Crippen molar-refractivity contribution < 1.29 is 34.0 Å². The molecule has 2 rings (SSSR count). The van der Waals surface area contributed by atoms with Gasteiger partial charge in [0.1, 0.15) is 18.3 Å². The van der Waals surface area contributed by atoms with Crippen LogP contribution in [-0.2, 0) is 14.2 Å². The summed E-state index contributed by atoms with van der Waals surface area (Å²) in [4.78, 5) is 22.0. The highest BCUT2D eigenvalue weighted by molar-refractivity contribution is 5.60. The zero-order chi connectivity index (χ0) is 14.5. The van der Waals surface area contributed by atoms with Crippen LogP contribution in [0.5, 0.6) is 0 Å². The zero-order valence-corrected chi connectivity index (χ0v) is 11.2. The summed E-state index contributed by atoms with van der Waals surface area (Å²) in [5, 5.41) is 18.0. The van der Waals surface area contributed by atoms with Crippen LogP contribution in [0.3, 0.4) is 0 Å². The van der Waals surface area contributed by atoms with E-state index in [0.717, 1.165) is 19.3 Å². The third kappa shape index (κ3) is 4.56. The van der Waals surface area contributed by atoms with Crippen molar-refractivity contribution in [2.24, 2.45) is 0 Å². The highest BCUT2D eigenvalue weighted by atomic mass is 16.7. The fraction of sp³-hybridized carbons (Fsp3) is 0.846. The molecule has 0 aromatic rings. The fourth-order valence-electron chi connectivity index (χ4n) is 2.78. The Hall–Kier alpha value is -1.50. The smallest absolute Gasteiger partial charge is 0.450 e. The first-order valence-corrected chi connectivity index (χ1v) is 6.98. The topological polar surface area (TPSA) is 102 Å². The monoisotopic (exact) mass is 288 g/mol. The minimum atomic E-state index is -1.31. The van der Waals surface area contributed by atoms with E-state index in [0.29, 0.717) is 25.7 Å². The predicted octanol–water partition coefficient (Wildman–Crippen LogP) is 2.06. The van der Waals surface area contributed by atoms with Gasteiger partial charge in [-0.25, -0.2) is 9.59 Å². The Morgan fingerprint density at radius 1 is 0.850 bits per heavy atom. The molecule has 20 heavy (non-hydrogen) atoms. The number of hydrogen-bond donors (Lipinski definition) is 2. The number of carboxylic acid groups (broad SMARTS) is 1. The minimum absolute atomic E-state index is 0.293. The van der Waals surface area contributed by atoms with Gasteiger partial charge in [-0.05, 0) is 32.1 Å².